The van der Waals surface area contributed by atoms with Gasteiger partial charge in [-0.25, -0.2) is 0 Å². The highest BCUT2D eigenvalue weighted by molar-refractivity contribution is 5.95. The Morgan fingerprint density at radius 1 is 1.36 bits per heavy atom. The van der Waals surface area contributed by atoms with Gasteiger partial charge in [-0.3, -0.25) is 10.4 Å². The summed E-state index contributed by atoms with van der Waals surface area (Å²) in [5.41, 5.74) is 2.08. The fourth-order valence-corrected chi connectivity index (χ4v) is 1.74. The van der Waals surface area contributed by atoms with Crippen LogP contribution in [0.2, 0.25) is 0 Å². The molecule has 1 N–H and O–H groups in total. The molecule has 1 aliphatic rings. The zero-order valence-corrected chi connectivity index (χ0v) is 8.45. The monoisotopic (exact) mass is 189 g/mol. The number of pyridine rings is 1. The Labute approximate surface area is 84.3 Å². The minimum Gasteiger partial charge on any atom is -0.329 e. The van der Waals surface area contributed by atoms with Crippen LogP contribution in [0.4, 0.5) is 5.69 Å². The molecule has 1 saturated heterocycles. The molecule has 0 radical (unpaired) electrons. The van der Waals surface area contributed by atoms with E-state index in [4.69, 9.17) is 5.41 Å². The molecule has 74 valence electrons. The minimum atomic E-state index is 0.724. The van der Waals surface area contributed by atoms with Gasteiger partial charge in [-0.1, -0.05) is 0 Å². The molecule has 1 fully saturated rings. The van der Waals surface area contributed by atoms with Gasteiger partial charge in [0.2, 0.25) is 0 Å². The maximum Gasteiger partial charge on any atom is 0.100 e. The van der Waals surface area contributed by atoms with Gasteiger partial charge in [-0.05, 0) is 31.9 Å². The number of aryl methyl sites for hydroxylation is 1. The van der Waals surface area contributed by atoms with Gasteiger partial charge in [0.05, 0.1) is 11.9 Å². The quantitative estimate of drug-likeness (QED) is 0.736. The maximum absolute atomic E-state index is 7.84. The smallest absolute Gasteiger partial charge is 0.100 e. The van der Waals surface area contributed by atoms with Crippen LogP contribution in [0, 0.1) is 12.3 Å². The number of aromatic nitrogens is 1. The van der Waals surface area contributed by atoms with Gasteiger partial charge in [-0.15, -0.1) is 0 Å². The summed E-state index contributed by atoms with van der Waals surface area (Å²) in [6.45, 7) is 2.94. The van der Waals surface area contributed by atoms with Crippen molar-refractivity contribution in [2.75, 3.05) is 11.4 Å². The summed E-state index contributed by atoms with van der Waals surface area (Å²) in [5.74, 6) is 0.724. The summed E-state index contributed by atoms with van der Waals surface area (Å²) in [6.07, 6.45) is 5.08. The molecule has 0 atom stereocenters. The van der Waals surface area contributed by atoms with E-state index in [1.807, 2.05) is 25.3 Å². The lowest BCUT2D eigenvalue weighted by molar-refractivity contribution is 0.707. The number of nitrogens with zero attached hydrogens (tertiary/aromatic N) is 2. The molecule has 2 heterocycles. The lowest BCUT2D eigenvalue weighted by atomic mass is 10.1. The molecule has 0 unspecified atom stereocenters. The number of hydrogen-bond acceptors (Lipinski definition) is 2. The van der Waals surface area contributed by atoms with Crippen molar-refractivity contribution in [3.05, 3.63) is 24.0 Å². The molecule has 0 spiro atoms. The van der Waals surface area contributed by atoms with Gasteiger partial charge >= 0.3 is 0 Å². The first-order chi connectivity index (χ1) is 6.77. The largest absolute Gasteiger partial charge is 0.329 e. The molecular formula is C11H15N3. The standard InChI is InChI=1S/C11H15N3/c1-9-5-6-10(8-13-9)14-7-3-2-4-11(14)12/h5-6,8,12H,2-4,7H2,1H3. The van der Waals surface area contributed by atoms with Crippen molar-refractivity contribution in [1.82, 2.24) is 4.98 Å². The van der Waals surface area contributed by atoms with Crippen LogP contribution in [-0.2, 0) is 0 Å². The van der Waals surface area contributed by atoms with Crippen LogP contribution in [0.1, 0.15) is 25.0 Å². The van der Waals surface area contributed by atoms with E-state index in [0.717, 1.165) is 36.6 Å². The Hall–Kier alpha value is -1.38. The molecule has 14 heavy (non-hydrogen) atoms. The van der Waals surface area contributed by atoms with Crippen molar-refractivity contribution in [3.63, 3.8) is 0 Å². The normalized spacial score (nSPS) is 17.2. The molecule has 1 aromatic rings. The number of nitrogens with one attached hydrogen (secondary N) is 1. The average Bonchev–Trinajstić information content (AvgIpc) is 2.20. The van der Waals surface area contributed by atoms with Crippen molar-refractivity contribution >= 4 is 11.5 Å². The predicted octanol–water partition coefficient (Wildman–Crippen LogP) is 2.36. The van der Waals surface area contributed by atoms with E-state index < -0.39 is 0 Å². The van der Waals surface area contributed by atoms with Gasteiger partial charge in [0.1, 0.15) is 5.84 Å². The summed E-state index contributed by atoms with van der Waals surface area (Å²) in [4.78, 5) is 6.30. The van der Waals surface area contributed by atoms with Gasteiger partial charge in [0, 0.05) is 18.7 Å². The van der Waals surface area contributed by atoms with E-state index in [-0.39, 0.29) is 0 Å². The van der Waals surface area contributed by atoms with Crippen molar-refractivity contribution in [2.24, 2.45) is 0 Å². The van der Waals surface area contributed by atoms with Crippen molar-refractivity contribution < 1.29 is 0 Å². The second kappa shape index (κ2) is 3.78. The summed E-state index contributed by atoms with van der Waals surface area (Å²) in [5, 5.41) is 7.84. The highest BCUT2D eigenvalue weighted by Crippen LogP contribution is 2.19. The molecule has 0 aromatic carbocycles. The van der Waals surface area contributed by atoms with E-state index in [0.29, 0.717) is 0 Å². The highest BCUT2D eigenvalue weighted by Gasteiger charge is 2.16. The third-order valence-electron chi connectivity index (χ3n) is 2.58. The molecule has 1 aromatic heterocycles. The molecular weight excluding hydrogens is 174 g/mol. The Morgan fingerprint density at radius 3 is 2.86 bits per heavy atom. The Balaban J connectivity index is 2.20. The summed E-state index contributed by atoms with van der Waals surface area (Å²) < 4.78 is 0. The van der Waals surface area contributed by atoms with Crippen LogP contribution < -0.4 is 4.90 Å². The van der Waals surface area contributed by atoms with Crippen LogP contribution in [0.15, 0.2) is 18.3 Å². The van der Waals surface area contributed by atoms with Crippen LogP contribution in [0.3, 0.4) is 0 Å². The second-order valence-corrected chi connectivity index (χ2v) is 3.71. The van der Waals surface area contributed by atoms with Gasteiger partial charge in [0.25, 0.3) is 0 Å². The lowest BCUT2D eigenvalue weighted by Gasteiger charge is -2.28. The van der Waals surface area contributed by atoms with E-state index in [1.54, 1.807) is 0 Å². The molecule has 1 aliphatic heterocycles. The SMILES string of the molecule is Cc1ccc(N2CCCCC2=N)cn1. The number of hydrogen-bond donors (Lipinski definition) is 1. The van der Waals surface area contributed by atoms with Crippen LogP contribution in [0.5, 0.6) is 0 Å². The van der Waals surface area contributed by atoms with Crippen LogP contribution >= 0.6 is 0 Å². The average molecular weight is 189 g/mol. The van der Waals surface area contributed by atoms with Crippen molar-refractivity contribution in [1.29, 1.82) is 5.41 Å². The molecule has 0 amide bonds. The number of amidine groups is 1. The van der Waals surface area contributed by atoms with E-state index in [1.165, 1.54) is 6.42 Å². The van der Waals surface area contributed by atoms with E-state index in [9.17, 15) is 0 Å². The minimum absolute atomic E-state index is 0.724. The van der Waals surface area contributed by atoms with Crippen LogP contribution in [0.25, 0.3) is 0 Å². The third-order valence-corrected chi connectivity index (χ3v) is 2.58. The third kappa shape index (κ3) is 1.76. The second-order valence-electron chi connectivity index (χ2n) is 3.71. The van der Waals surface area contributed by atoms with Gasteiger partial charge < -0.3 is 4.90 Å². The molecule has 2 rings (SSSR count). The molecule has 3 nitrogen and oxygen atoms in total. The molecule has 0 bridgehead atoms. The predicted molar refractivity (Wildman–Crippen MR) is 57.9 cm³/mol. The lowest BCUT2D eigenvalue weighted by Crippen LogP contribution is -2.34. The molecule has 0 saturated carbocycles. The van der Waals surface area contributed by atoms with Gasteiger partial charge in [0.15, 0.2) is 0 Å². The number of rotatable bonds is 1. The fraction of sp³-hybridized carbons (Fsp3) is 0.455. The first-order valence-electron chi connectivity index (χ1n) is 5.05. The zero-order valence-electron chi connectivity index (χ0n) is 8.45. The fourth-order valence-electron chi connectivity index (χ4n) is 1.74. The van der Waals surface area contributed by atoms with Gasteiger partial charge in [-0.2, -0.15) is 0 Å². The summed E-state index contributed by atoms with van der Waals surface area (Å²) in [6, 6.07) is 4.04. The zero-order chi connectivity index (χ0) is 9.97. The van der Waals surface area contributed by atoms with Crippen LogP contribution in [-0.4, -0.2) is 17.4 Å². The van der Waals surface area contributed by atoms with E-state index in [2.05, 4.69) is 9.88 Å². The van der Waals surface area contributed by atoms with E-state index >= 15 is 0 Å². The van der Waals surface area contributed by atoms with Crippen molar-refractivity contribution in [2.45, 2.75) is 26.2 Å². The highest BCUT2D eigenvalue weighted by atomic mass is 15.2. The summed E-state index contributed by atoms with van der Waals surface area (Å²) in [7, 11) is 0. The van der Waals surface area contributed by atoms with Crippen molar-refractivity contribution in [3.8, 4) is 0 Å². The first-order valence-corrected chi connectivity index (χ1v) is 5.05. The Morgan fingerprint density at radius 2 is 2.21 bits per heavy atom. The molecule has 3 heteroatoms. The Kier molecular flexibility index (Phi) is 2.48. The number of piperidine rings is 1. The maximum atomic E-state index is 7.84. The number of anilines is 1. The molecule has 0 aliphatic carbocycles. The first kappa shape index (κ1) is 9.19. The Bertz CT molecular complexity index is 329. The summed E-state index contributed by atoms with van der Waals surface area (Å²) >= 11 is 0. The topological polar surface area (TPSA) is 40.0 Å².